The third kappa shape index (κ3) is 3.03. The van der Waals surface area contributed by atoms with E-state index in [0.717, 1.165) is 22.2 Å². The monoisotopic (exact) mass is 392 g/mol. The van der Waals surface area contributed by atoms with Crippen molar-refractivity contribution in [1.82, 2.24) is 19.8 Å². The highest BCUT2D eigenvalue weighted by Crippen LogP contribution is 2.40. The lowest BCUT2D eigenvalue weighted by Crippen LogP contribution is -2.25. The second kappa shape index (κ2) is 7.28. The Morgan fingerprint density at radius 3 is 2.50 bits per heavy atom. The molecule has 144 valence electrons. The van der Waals surface area contributed by atoms with Gasteiger partial charge in [-0.3, -0.25) is 4.98 Å². The first-order chi connectivity index (χ1) is 13.5. The molecule has 0 saturated carbocycles. The summed E-state index contributed by atoms with van der Waals surface area (Å²) in [6.45, 7) is 4.30. The smallest absolute Gasteiger partial charge is 0.169 e. The van der Waals surface area contributed by atoms with Crippen LogP contribution in [0.4, 0.5) is 0 Å². The molecular weight excluding hydrogens is 368 g/mol. The molecule has 5 nitrogen and oxygen atoms in total. The van der Waals surface area contributed by atoms with Gasteiger partial charge in [0.2, 0.25) is 0 Å². The number of methoxy groups -OCH3 is 1. The molecule has 0 bridgehead atoms. The highest BCUT2D eigenvalue weighted by Gasteiger charge is 2.39. The van der Waals surface area contributed by atoms with Gasteiger partial charge in [0.1, 0.15) is 5.75 Å². The average molecular weight is 393 g/mol. The number of hydrogen-bond donors (Lipinski definition) is 1. The maximum absolute atomic E-state index is 5.57. The Balaban J connectivity index is 1.78. The lowest BCUT2D eigenvalue weighted by atomic mass is 9.97. The van der Waals surface area contributed by atoms with E-state index in [0.29, 0.717) is 0 Å². The van der Waals surface area contributed by atoms with E-state index in [2.05, 4.69) is 57.9 Å². The van der Waals surface area contributed by atoms with E-state index in [1.807, 2.05) is 37.5 Å². The summed E-state index contributed by atoms with van der Waals surface area (Å²) < 4.78 is 7.57. The Bertz CT molecular complexity index is 997. The van der Waals surface area contributed by atoms with Gasteiger partial charge in [-0.25, -0.2) is 0 Å². The van der Waals surface area contributed by atoms with E-state index >= 15 is 0 Å². The van der Waals surface area contributed by atoms with Crippen LogP contribution in [0.2, 0.25) is 0 Å². The zero-order chi connectivity index (χ0) is 19.8. The van der Waals surface area contributed by atoms with Crippen LogP contribution in [0, 0.1) is 13.8 Å². The molecule has 6 heteroatoms. The van der Waals surface area contributed by atoms with Crippen molar-refractivity contribution in [3.63, 3.8) is 0 Å². The molecule has 1 saturated heterocycles. The van der Waals surface area contributed by atoms with Crippen LogP contribution >= 0.6 is 12.2 Å². The number of pyridine rings is 1. The molecular formula is C22H24N4OS. The summed E-state index contributed by atoms with van der Waals surface area (Å²) in [5, 5.41) is 4.19. The third-order valence-electron chi connectivity index (χ3n) is 5.46. The van der Waals surface area contributed by atoms with Gasteiger partial charge in [0.15, 0.2) is 5.11 Å². The van der Waals surface area contributed by atoms with Gasteiger partial charge in [0, 0.05) is 30.3 Å². The minimum atomic E-state index is 0.0171. The highest BCUT2D eigenvalue weighted by molar-refractivity contribution is 7.80. The molecule has 28 heavy (non-hydrogen) atoms. The molecule has 4 rings (SSSR count). The Morgan fingerprint density at radius 1 is 1.11 bits per heavy atom. The predicted molar refractivity (Wildman–Crippen MR) is 115 cm³/mol. The van der Waals surface area contributed by atoms with Crippen molar-refractivity contribution in [3.05, 3.63) is 77.4 Å². The van der Waals surface area contributed by atoms with E-state index in [1.54, 1.807) is 7.11 Å². The molecule has 0 radical (unpaired) electrons. The number of benzene rings is 1. The SMILES string of the molecule is COc1ccc(-n2c(C)cc(C3C(c4ccccn4)NC(=S)N3C)c2C)cc1. The highest BCUT2D eigenvalue weighted by atomic mass is 32.1. The van der Waals surface area contributed by atoms with E-state index in [-0.39, 0.29) is 12.1 Å². The molecule has 0 aliphatic carbocycles. The van der Waals surface area contributed by atoms with Gasteiger partial charge < -0.3 is 19.5 Å². The van der Waals surface area contributed by atoms with Gasteiger partial charge in [-0.1, -0.05) is 6.07 Å². The van der Waals surface area contributed by atoms with Crippen molar-refractivity contribution in [2.24, 2.45) is 0 Å². The van der Waals surface area contributed by atoms with Crippen LogP contribution < -0.4 is 10.1 Å². The topological polar surface area (TPSA) is 42.3 Å². The molecule has 1 N–H and O–H groups in total. The summed E-state index contributed by atoms with van der Waals surface area (Å²) in [6, 6.07) is 16.5. The molecule has 3 heterocycles. The number of ether oxygens (including phenoxy) is 1. The number of nitrogens with zero attached hydrogens (tertiary/aromatic N) is 3. The normalized spacial score (nSPS) is 19.0. The Hall–Kier alpha value is -2.86. The fourth-order valence-electron chi connectivity index (χ4n) is 4.06. The zero-order valence-electron chi connectivity index (χ0n) is 16.5. The first-order valence-corrected chi connectivity index (χ1v) is 9.69. The lowest BCUT2D eigenvalue weighted by molar-refractivity contribution is 0.367. The van der Waals surface area contributed by atoms with Crippen molar-refractivity contribution < 1.29 is 4.74 Å². The molecule has 2 aromatic heterocycles. The summed E-state index contributed by atoms with van der Waals surface area (Å²) in [7, 11) is 3.73. The number of hydrogen-bond acceptors (Lipinski definition) is 3. The van der Waals surface area contributed by atoms with Crippen molar-refractivity contribution >= 4 is 17.3 Å². The van der Waals surface area contributed by atoms with E-state index in [9.17, 15) is 0 Å². The maximum Gasteiger partial charge on any atom is 0.169 e. The van der Waals surface area contributed by atoms with Gasteiger partial charge in [-0.2, -0.15) is 0 Å². The molecule has 0 amide bonds. The molecule has 1 aliphatic rings. The van der Waals surface area contributed by atoms with Gasteiger partial charge in [0.05, 0.1) is 24.9 Å². The fraction of sp³-hybridized carbons (Fsp3) is 0.273. The third-order valence-corrected chi connectivity index (χ3v) is 5.86. The molecule has 1 fully saturated rings. The number of thiocarbonyl (C=S) groups is 1. The second-order valence-corrected chi connectivity index (χ2v) is 7.48. The minimum absolute atomic E-state index is 0.0171. The van der Waals surface area contributed by atoms with E-state index in [1.165, 1.54) is 17.0 Å². The summed E-state index contributed by atoms with van der Waals surface area (Å²) in [6.07, 6.45) is 1.83. The molecule has 3 aromatic rings. The predicted octanol–water partition coefficient (Wildman–Crippen LogP) is 4.10. The van der Waals surface area contributed by atoms with E-state index < -0.39 is 0 Å². The Kier molecular flexibility index (Phi) is 4.81. The van der Waals surface area contributed by atoms with Gasteiger partial charge in [-0.15, -0.1) is 0 Å². The number of nitrogens with one attached hydrogen (secondary N) is 1. The van der Waals surface area contributed by atoms with Crippen LogP contribution in [0.1, 0.15) is 34.7 Å². The van der Waals surface area contributed by atoms with Crippen molar-refractivity contribution in [1.29, 1.82) is 0 Å². The van der Waals surface area contributed by atoms with Crippen LogP contribution in [0.3, 0.4) is 0 Å². The van der Waals surface area contributed by atoms with Gasteiger partial charge >= 0.3 is 0 Å². The average Bonchev–Trinajstić information content (AvgIpc) is 3.17. The zero-order valence-corrected chi connectivity index (χ0v) is 17.3. The standard InChI is InChI=1S/C22H24N4OS/c1-14-13-18(15(2)26(14)16-8-10-17(27-4)11-9-16)21-20(24-22(28)25(21)3)19-7-5-6-12-23-19/h5-13,20-21H,1-4H3,(H,24,28). The number of aromatic nitrogens is 2. The number of aryl methyl sites for hydroxylation is 1. The summed E-state index contributed by atoms with van der Waals surface area (Å²) in [5.74, 6) is 0.853. The molecule has 0 spiro atoms. The molecule has 1 aromatic carbocycles. The largest absolute Gasteiger partial charge is 0.497 e. The van der Waals surface area contributed by atoms with Gasteiger partial charge in [-0.05, 0) is 74.1 Å². The van der Waals surface area contributed by atoms with E-state index in [4.69, 9.17) is 17.0 Å². The fourth-order valence-corrected chi connectivity index (χ4v) is 4.30. The summed E-state index contributed by atoms with van der Waals surface area (Å²) >= 11 is 5.57. The lowest BCUT2D eigenvalue weighted by Gasteiger charge is -2.24. The van der Waals surface area contributed by atoms with Crippen molar-refractivity contribution in [3.8, 4) is 11.4 Å². The summed E-state index contributed by atoms with van der Waals surface area (Å²) in [5.41, 5.74) is 5.75. The van der Waals surface area contributed by atoms with Crippen molar-refractivity contribution in [2.45, 2.75) is 25.9 Å². The maximum atomic E-state index is 5.57. The van der Waals surface area contributed by atoms with Crippen LogP contribution in [0.5, 0.6) is 5.75 Å². The molecule has 1 aliphatic heterocycles. The molecule has 2 atom stereocenters. The summed E-state index contributed by atoms with van der Waals surface area (Å²) in [4.78, 5) is 6.71. The number of rotatable bonds is 4. The van der Waals surface area contributed by atoms with Crippen LogP contribution in [-0.4, -0.2) is 33.7 Å². The first kappa shape index (κ1) is 18.5. The Morgan fingerprint density at radius 2 is 1.86 bits per heavy atom. The quantitative estimate of drug-likeness (QED) is 0.677. The Labute approximate surface area is 171 Å². The van der Waals surface area contributed by atoms with Crippen LogP contribution in [-0.2, 0) is 0 Å². The second-order valence-electron chi connectivity index (χ2n) is 7.10. The first-order valence-electron chi connectivity index (χ1n) is 9.28. The van der Waals surface area contributed by atoms with Crippen LogP contribution in [0.15, 0.2) is 54.7 Å². The molecule has 2 unspecified atom stereocenters. The van der Waals surface area contributed by atoms with Crippen LogP contribution in [0.25, 0.3) is 5.69 Å². The van der Waals surface area contributed by atoms with Crippen molar-refractivity contribution in [2.75, 3.05) is 14.2 Å². The number of likely N-dealkylation sites (N-methyl/N-ethyl adjacent to an activating group) is 1. The van der Waals surface area contributed by atoms with Gasteiger partial charge in [0.25, 0.3) is 0 Å². The minimum Gasteiger partial charge on any atom is -0.497 e.